The van der Waals surface area contributed by atoms with Gasteiger partial charge in [0.2, 0.25) is 0 Å². The molecule has 0 aromatic heterocycles. The SMILES string of the molecule is COc1ccc(S(=O)(=O)Nc2cccc(Br)c2)cc1NC(=O)c1ccccc1C. The molecule has 0 atom stereocenters. The Morgan fingerprint density at radius 1 is 1.00 bits per heavy atom. The normalized spacial score (nSPS) is 11.0. The minimum atomic E-state index is -3.86. The molecule has 150 valence electrons. The quantitative estimate of drug-likeness (QED) is 0.536. The highest BCUT2D eigenvalue weighted by molar-refractivity contribution is 9.10. The first-order chi connectivity index (χ1) is 13.8. The predicted octanol–water partition coefficient (Wildman–Crippen LogP) is 4.82. The monoisotopic (exact) mass is 474 g/mol. The fourth-order valence-electron chi connectivity index (χ4n) is 2.74. The Morgan fingerprint density at radius 3 is 2.45 bits per heavy atom. The lowest BCUT2D eigenvalue weighted by molar-refractivity contribution is 0.102. The molecule has 0 aliphatic carbocycles. The second-order valence-electron chi connectivity index (χ2n) is 6.25. The number of sulfonamides is 1. The molecule has 0 unspecified atom stereocenters. The molecule has 1 amide bonds. The van der Waals surface area contributed by atoms with E-state index in [1.165, 1.54) is 25.3 Å². The maximum atomic E-state index is 12.8. The summed E-state index contributed by atoms with van der Waals surface area (Å²) in [4.78, 5) is 12.7. The Labute approximate surface area is 178 Å². The van der Waals surface area contributed by atoms with Crippen LogP contribution in [-0.4, -0.2) is 21.4 Å². The van der Waals surface area contributed by atoms with Crippen LogP contribution in [0.3, 0.4) is 0 Å². The molecular weight excluding hydrogens is 456 g/mol. The number of methoxy groups -OCH3 is 1. The standard InChI is InChI=1S/C21H19BrN2O4S/c1-14-6-3-4-9-18(14)21(25)23-19-13-17(10-11-20(19)28-2)29(26,27)24-16-8-5-7-15(22)12-16/h3-13,24H,1-2H3,(H,23,25). The molecule has 3 aromatic carbocycles. The van der Waals surface area contributed by atoms with E-state index in [4.69, 9.17) is 4.74 Å². The molecule has 8 heteroatoms. The Hall–Kier alpha value is -2.84. The van der Waals surface area contributed by atoms with E-state index in [1.807, 2.05) is 19.1 Å². The summed E-state index contributed by atoms with van der Waals surface area (Å²) in [6.07, 6.45) is 0. The van der Waals surface area contributed by atoms with Crippen LogP contribution in [0.15, 0.2) is 76.1 Å². The highest BCUT2D eigenvalue weighted by Crippen LogP contribution is 2.29. The summed E-state index contributed by atoms with van der Waals surface area (Å²) >= 11 is 3.31. The lowest BCUT2D eigenvalue weighted by atomic mass is 10.1. The molecule has 6 nitrogen and oxygen atoms in total. The van der Waals surface area contributed by atoms with Crippen LogP contribution in [0, 0.1) is 6.92 Å². The summed E-state index contributed by atoms with van der Waals surface area (Å²) in [5.41, 5.74) is 1.98. The van der Waals surface area contributed by atoms with Gasteiger partial charge in [0, 0.05) is 15.7 Å². The predicted molar refractivity (Wildman–Crippen MR) is 117 cm³/mol. The van der Waals surface area contributed by atoms with Gasteiger partial charge in [0.15, 0.2) is 0 Å². The molecule has 3 rings (SSSR count). The average molecular weight is 475 g/mol. The van der Waals surface area contributed by atoms with E-state index < -0.39 is 10.0 Å². The molecule has 2 N–H and O–H groups in total. The number of anilines is 2. The molecule has 0 aliphatic rings. The number of nitrogens with one attached hydrogen (secondary N) is 2. The third kappa shape index (κ3) is 4.96. The second kappa shape index (κ2) is 8.67. The topological polar surface area (TPSA) is 84.5 Å². The maximum Gasteiger partial charge on any atom is 0.261 e. The number of carbonyl (C=O) groups is 1. The van der Waals surface area contributed by atoms with E-state index in [0.29, 0.717) is 17.0 Å². The average Bonchev–Trinajstić information content (AvgIpc) is 2.68. The minimum Gasteiger partial charge on any atom is -0.495 e. The Bertz CT molecular complexity index is 1160. The van der Waals surface area contributed by atoms with Gasteiger partial charge < -0.3 is 10.1 Å². The van der Waals surface area contributed by atoms with Crippen molar-refractivity contribution in [1.82, 2.24) is 0 Å². The molecule has 0 heterocycles. The smallest absolute Gasteiger partial charge is 0.261 e. The fraction of sp³-hybridized carbons (Fsp3) is 0.0952. The number of carbonyl (C=O) groups excluding carboxylic acids is 1. The summed E-state index contributed by atoms with van der Waals surface area (Å²) in [6.45, 7) is 1.83. The molecule has 29 heavy (non-hydrogen) atoms. The van der Waals surface area contributed by atoms with Crippen molar-refractivity contribution in [2.75, 3.05) is 17.1 Å². The van der Waals surface area contributed by atoms with Crippen molar-refractivity contribution in [3.05, 3.63) is 82.3 Å². The van der Waals surface area contributed by atoms with Gasteiger partial charge in [0.25, 0.3) is 15.9 Å². The van der Waals surface area contributed by atoms with Crippen LogP contribution in [0.5, 0.6) is 5.75 Å². The van der Waals surface area contributed by atoms with Gasteiger partial charge in [-0.1, -0.05) is 40.2 Å². The largest absolute Gasteiger partial charge is 0.495 e. The molecular formula is C21H19BrN2O4S. The zero-order chi connectivity index (χ0) is 21.0. The highest BCUT2D eigenvalue weighted by atomic mass is 79.9. The van der Waals surface area contributed by atoms with Crippen molar-refractivity contribution in [3.63, 3.8) is 0 Å². The number of ether oxygens (including phenoxy) is 1. The highest BCUT2D eigenvalue weighted by Gasteiger charge is 2.19. The van der Waals surface area contributed by atoms with E-state index in [2.05, 4.69) is 26.0 Å². The molecule has 0 bridgehead atoms. The van der Waals surface area contributed by atoms with Gasteiger partial charge in [-0.25, -0.2) is 8.42 Å². The lowest BCUT2D eigenvalue weighted by Gasteiger charge is -2.14. The number of hydrogen-bond donors (Lipinski definition) is 2. The van der Waals surface area contributed by atoms with Gasteiger partial charge in [-0.3, -0.25) is 9.52 Å². The molecule has 0 saturated heterocycles. The van der Waals surface area contributed by atoms with Crippen LogP contribution >= 0.6 is 15.9 Å². The maximum absolute atomic E-state index is 12.8. The van der Waals surface area contributed by atoms with E-state index >= 15 is 0 Å². The van der Waals surface area contributed by atoms with Gasteiger partial charge in [-0.05, 0) is 55.0 Å². The molecule has 0 saturated carbocycles. The van der Waals surface area contributed by atoms with Crippen molar-refractivity contribution < 1.29 is 17.9 Å². The van der Waals surface area contributed by atoms with Crippen molar-refractivity contribution >= 4 is 43.2 Å². The first-order valence-electron chi connectivity index (χ1n) is 8.63. The minimum absolute atomic E-state index is 0.00152. The summed E-state index contributed by atoms with van der Waals surface area (Å²) in [6, 6.07) is 18.3. The van der Waals surface area contributed by atoms with E-state index in [-0.39, 0.29) is 16.5 Å². The summed E-state index contributed by atoms with van der Waals surface area (Å²) in [5.74, 6) is 0.00392. The molecule has 0 fully saturated rings. The van der Waals surface area contributed by atoms with Crippen LogP contribution in [0.25, 0.3) is 0 Å². The Morgan fingerprint density at radius 2 is 1.76 bits per heavy atom. The van der Waals surface area contributed by atoms with Crippen LogP contribution in [0.2, 0.25) is 0 Å². The van der Waals surface area contributed by atoms with Crippen LogP contribution in [0.4, 0.5) is 11.4 Å². The zero-order valence-electron chi connectivity index (χ0n) is 15.8. The summed E-state index contributed by atoms with van der Waals surface area (Å²) in [7, 11) is -2.41. The van der Waals surface area contributed by atoms with Crippen molar-refractivity contribution in [2.45, 2.75) is 11.8 Å². The molecule has 3 aromatic rings. The number of rotatable bonds is 6. The molecule has 0 spiro atoms. The van der Waals surface area contributed by atoms with Gasteiger partial charge in [0.05, 0.1) is 17.7 Å². The summed E-state index contributed by atoms with van der Waals surface area (Å²) < 4.78 is 34.1. The number of hydrogen-bond acceptors (Lipinski definition) is 4. The first kappa shape index (κ1) is 20.9. The van der Waals surface area contributed by atoms with E-state index in [1.54, 1.807) is 36.4 Å². The van der Waals surface area contributed by atoms with Gasteiger partial charge in [-0.15, -0.1) is 0 Å². The van der Waals surface area contributed by atoms with Crippen molar-refractivity contribution in [2.24, 2.45) is 0 Å². The summed E-state index contributed by atoms with van der Waals surface area (Å²) in [5, 5.41) is 2.74. The van der Waals surface area contributed by atoms with Gasteiger partial charge >= 0.3 is 0 Å². The number of halogens is 1. The van der Waals surface area contributed by atoms with Gasteiger partial charge in [0.1, 0.15) is 5.75 Å². The van der Waals surface area contributed by atoms with E-state index in [0.717, 1.165) is 10.0 Å². The molecule has 0 aliphatic heterocycles. The Balaban J connectivity index is 1.92. The number of amides is 1. The zero-order valence-corrected chi connectivity index (χ0v) is 18.2. The fourth-order valence-corrected chi connectivity index (χ4v) is 4.21. The van der Waals surface area contributed by atoms with Crippen LogP contribution in [-0.2, 0) is 10.0 Å². The van der Waals surface area contributed by atoms with Gasteiger partial charge in [-0.2, -0.15) is 0 Å². The second-order valence-corrected chi connectivity index (χ2v) is 8.85. The van der Waals surface area contributed by atoms with E-state index in [9.17, 15) is 13.2 Å². The molecule has 0 radical (unpaired) electrons. The lowest BCUT2D eigenvalue weighted by Crippen LogP contribution is -2.16. The van der Waals surface area contributed by atoms with Crippen LogP contribution < -0.4 is 14.8 Å². The third-order valence-electron chi connectivity index (χ3n) is 4.20. The van der Waals surface area contributed by atoms with Crippen molar-refractivity contribution in [3.8, 4) is 5.75 Å². The third-order valence-corrected chi connectivity index (χ3v) is 6.07. The van der Waals surface area contributed by atoms with Crippen molar-refractivity contribution in [1.29, 1.82) is 0 Å². The number of aryl methyl sites for hydroxylation is 1. The Kier molecular flexibility index (Phi) is 6.24. The van der Waals surface area contributed by atoms with Crippen LogP contribution in [0.1, 0.15) is 15.9 Å². The first-order valence-corrected chi connectivity index (χ1v) is 10.9. The number of benzene rings is 3.